The predicted molar refractivity (Wildman–Crippen MR) is 120 cm³/mol. The van der Waals surface area contributed by atoms with Crippen LogP contribution in [0.4, 0.5) is 0 Å². The Morgan fingerprint density at radius 3 is 2.54 bits per heavy atom. The van der Waals surface area contributed by atoms with Gasteiger partial charge in [-0.05, 0) is 30.5 Å². The highest BCUT2D eigenvalue weighted by atomic mass is 127. The molecule has 1 aromatic carbocycles. The normalized spacial score (nSPS) is 22.5. The molecule has 2 atom stereocenters. The zero-order valence-electron chi connectivity index (χ0n) is 16.9. The number of benzene rings is 1. The van der Waals surface area contributed by atoms with Gasteiger partial charge in [-0.15, -0.1) is 24.0 Å². The number of nitrogens with one attached hydrogen (secondary N) is 1. The van der Waals surface area contributed by atoms with E-state index in [2.05, 4.69) is 15.2 Å². The number of aliphatic imine (C=N–C) groups is 1. The van der Waals surface area contributed by atoms with Gasteiger partial charge in [0.25, 0.3) is 5.91 Å². The molecule has 0 spiro atoms. The minimum atomic E-state index is 0. The van der Waals surface area contributed by atoms with Crippen molar-refractivity contribution >= 4 is 35.8 Å². The summed E-state index contributed by atoms with van der Waals surface area (Å²) in [4.78, 5) is 20.2. The van der Waals surface area contributed by atoms with Crippen LogP contribution >= 0.6 is 24.0 Å². The lowest BCUT2D eigenvalue weighted by atomic mass is 10.1. The number of hydrogen-bond acceptors (Lipinski definition) is 4. The molecule has 0 aromatic heterocycles. The summed E-state index contributed by atoms with van der Waals surface area (Å²) in [5.41, 5.74) is 1.80. The number of hydrogen-bond donors (Lipinski definition) is 1. The zero-order chi connectivity index (χ0) is 19.2. The van der Waals surface area contributed by atoms with E-state index in [1.54, 1.807) is 26.0 Å². The monoisotopic (exact) mass is 502 g/mol. The number of halogens is 1. The van der Waals surface area contributed by atoms with E-state index in [1.807, 2.05) is 24.3 Å². The Morgan fingerprint density at radius 1 is 1.21 bits per heavy atom. The van der Waals surface area contributed by atoms with E-state index in [4.69, 9.17) is 9.47 Å². The van der Waals surface area contributed by atoms with E-state index in [0.29, 0.717) is 18.7 Å². The quantitative estimate of drug-likeness (QED) is 0.388. The Morgan fingerprint density at radius 2 is 1.93 bits per heavy atom. The van der Waals surface area contributed by atoms with Crippen molar-refractivity contribution in [2.45, 2.75) is 31.6 Å². The second kappa shape index (κ2) is 11.0. The smallest absolute Gasteiger partial charge is 0.253 e. The highest BCUT2D eigenvalue weighted by Gasteiger charge is 2.32. The Labute approximate surface area is 184 Å². The van der Waals surface area contributed by atoms with Gasteiger partial charge in [0.15, 0.2) is 5.96 Å². The van der Waals surface area contributed by atoms with Gasteiger partial charge in [0.1, 0.15) is 6.10 Å². The van der Waals surface area contributed by atoms with Crippen molar-refractivity contribution in [1.82, 2.24) is 15.1 Å². The third-order valence-electron chi connectivity index (χ3n) is 5.04. The molecule has 2 aliphatic heterocycles. The van der Waals surface area contributed by atoms with Gasteiger partial charge in [-0.25, -0.2) is 0 Å². The van der Waals surface area contributed by atoms with E-state index >= 15 is 0 Å². The molecule has 1 N–H and O–H groups in total. The average Bonchev–Trinajstić information content (AvgIpc) is 3.23. The van der Waals surface area contributed by atoms with Gasteiger partial charge in [0, 0.05) is 52.9 Å². The molecule has 2 aliphatic rings. The molecule has 1 aromatic rings. The Hall–Kier alpha value is -1.39. The molecule has 2 heterocycles. The molecular formula is C20H31IN4O3. The summed E-state index contributed by atoms with van der Waals surface area (Å²) in [7, 11) is 5.32. The summed E-state index contributed by atoms with van der Waals surface area (Å²) in [5, 5.41) is 3.42. The minimum Gasteiger partial charge on any atom is -0.375 e. The Balaban J connectivity index is 0.00000280. The van der Waals surface area contributed by atoms with Crippen molar-refractivity contribution in [3.05, 3.63) is 35.4 Å². The van der Waals surface area contributed by atoms with Crippen LogP contribution in [-0.4, -0.2) is 81.3 Å². The van der Waals surface area contributed by atoms with E-state index in [-0.39, 0.29) is 42.1 Å². The van der Waals surface area contributed by atoms with Crippen molar-refractivity contribution in [1.29, 1.82) is 0 Å². The molecule has 0 aliphatic carbocycles. The van der Waals surface area contributed by atoms with Crippen LogP contribution in [0.5, 0.6) is 0 Å². The molecule has 156 valence electrons. The maximum absolute atomic E-state index is 12.0. The third kappa shape index (κ3) is 5.81. The Kier molecular flexibility index (Phi) is 8.97. The van der Waals surface area contributed by atoms with E-state index in [0.717, 1.165) is 44.1 Å². The number of carbonyl (C=O) groups excluding carboxylic acids is 1. The van der Waals surface area contributed by atoms with Crippen molar-refractivity contribution < 1.29 is 14.3 Å². The first-order valence-electron chi connectivity index (χ1n) is 9.58. The second-order valence-electron chi connectivity index (χ2n) is 7.20. The summed E-state index contributed by atoms with van der Waals surface area (Å²) in [5.74, 6) is 0.883. The molecule has 3 rings (SSSR count). The second-order valence-corrected chi connectivity index (χ2v) is 7.20. The van der Waals surface area contributed by atoms with Crippen LogP contribution in [0.1, 0.15) is 28.8 Å². The van der Waals surface area contributed by atoms with Crippen molar-refractivity contribution in [3.8, 4) is 0 Å². The van der Waals surface area contributed by atoms with Gasteiger partial charge in [0.2, 0.25) is 0 Å². The van der Waals surface area contributed by atoms with Crippen LogP contribution in [0.3, 0.4) is 0 Å². The van der Waals surface area contributed by atoms with Gasteiger partial charge >= 0.3 is 0 Å². The first kappa shape index (κ1) is 22.9. The molecule has 2 saturated heterocycles. The lowest BCUT2D eigenvalue weighted by molar-refractivity contribution is -0.0817. The molecule has 7 nitrogen and oxygen atoms in total. The molecule has 0 bridgehead atoms. The zero-order valence-corrected chi connectivity index (χ0v) is 19.2. The molecule has 0 radical (unpaired) electrons. The fourth-order valence-electron chi connectivity index (χ4n) is 3.53. The van der Waals surface area contributed by atoms with Crippen LogP contribution in [0.15, 0.2) is 29.3 Å². The molecule has 2 unspecified atom stereocenters. The van der Waals surface area contributed by atoms with Crippen LogP contribution < -0.4 is 5.32 Å². The molecular weight excluding hydrogens is 471 g/mol. The average molecular weight is 502 g/mol. The number of rotatable bonds is 4. The van der Waals surface area contributed by atoms with E-state index in [1.165, 1.54) is 0 Å². The highest BCUT2D eigenvalue weighted by molar-refractivity contribution is 14.0. The molecule has 0 saturated carbocycles. The number of guanidine groups is 1. The van der Waals surface area contributed by atoms with Crippen LogP contribution in [0, 0.1) is 0 Å². The lowest BCUT2D eigenvalue weighted by Gasteiger charge is -2.37. The van der Waals surface area contributed by atoms with E-state index in [9.17, 15) is 4.79 Å². The third-order valence-corrected chi connectivity index (χ3v) is 5.04. The predicted octanol–water partition coefficient (Wildman–Crippen LogP) is 1.96. The van der Waals surface area contributed by atoms with Gasteiger partial charge in [0.05, 0.1) is 12.7 Å². The molecule has 2 fully saturated rings. The number of nitrogens with zero attached hydrogens (tertiary/aromatic N) is 3. The maximum Gasteiger partial charge on any atom is 0.253 e. The van der Waals surface area contributed by atoms with Crippen molar-refractivity contribution in [3.63, 3.8) is 0 Å². The largest absolute Gasteiger partial charge is 0.375 e. The number of carbonyl (C=O) groups is 1. The fourth-order valence-corrected chi connectivity index (χ4v) is 3.53. The number of ether oxygens (including phenoxy) is 2. The van der Waals surface area contributed by atoms with E-state index < -0.39 is 0 Å². The molecule has 1 amide bonds. The SMILES string of the molecule is CN=C(NCc1ccc(C(=O)N(C)C)cc1)N1CCOC(C2CCCO2)C1.I. The van der Waals surface area contributed by atoms with Gasteiger partial charge < -0.3 is 24.6 Å². The summed E-state index contributed by atoms with van der Waals surface area (Å²) >= 11 is 0. The summed E-state index contributed by atoms with van der Waals surface area (Å²) < 4.78 is 11.7. The first-order chi connectivity index (χ1) is 13.1. The number of morpholine rings is 1. The minimum absolute atomic E-state index is 0. The summed E-state index contributed by atoms with van der Waals surface area (Å²) in [6, 6.07) is 7.69. The van der Waals surface area contributed by atoms with Gasteiger partial charge in [-0.1, -0.05) is 12.1 Å². The maximum atomic E-state index is 12.0. The molecule has 8 heteroatoms. The Bertz CT molecular complexity index is 660. The highest BCUT2D eigenvalue weighted by Crippen LogP contribution is 2.21. The van der Waals surface area contributed by atoms with Gasteiger partial charge in [-0.2, -0.15) is 0 Å². The summed E-state index contributed by atoms with van der Waals surface area (Å²) in [6.45, 7) is 3.79. The summed E-state index contributed by atoms with van der Waals surface area (Å²) in [6.07, 6.45) is 2.50. The first-order valence-corrected chi connectivity index (χ1v) is 9.58. The van der Waals surface area contributed by atoms with Crippen LogP contribution in [0.2, 0.25) is 0 Å². The van der Waals surface area contributed by atoms with Crippen molar-refractivity contribution in [2.75, 3.05) is 47.4 Å². The van der Waals surface area contributed by atoms with Crippen LogP contribution in [0.25, 0.3) is 0 Å². The fraction of sp³-hybridized carbons (Fsp3) is 0.600. The van der Waals surface area contributed by atoms with Crippen LogP contribution in [-0.2, 0) is 16.0 Å². The molecule has 28 heavy (non-hydrogen) atoms. The van der Waals surface area contributed by atoms with Crippen molar-refractivity contribution in [2.24, 2.45) is 4.99 Å². The topological polar surface area (TPSA) is 66.4 Å². The standard InChI is InChI=1S/C20H30N4O3.HI/c1-21-20(24-10-12-27-18(14-24)17-5-4-11-26-17)22-13-15-6-8-16(9-7-15)19(25)23(2)3;/h6-9,17-18H,4-5,10-14H2,1-3H3,(H,21,22);1H. The lowest BCUT2D eigenvalue weighted by Crippen LogP contribution is -2.53. The number of amides is 1. The van der Waals surface area contributed by atoms with Gasteiger partial charge in [-0.3, -0.25) is 9.79 Å².